The predicted molar refractivity (Wildman–Crippen MR) is 149 cm³/mol. The summed E-state index contributed by atoms with van der Waals surface area (Å²) in [6.45, 7) is 0.668. The summed E-state index contributed by atoms with van der Waals surface area (Å²) in [5.41, 5.74) is 1.46. The second kappa shape index (κ2) is 11.0. The minimum absolute atomic E-state index is 0.0479. The summed E-state index contributed by atoms with van der Waals surface area (Å²) in [5.74, 6) is -0.159. The van der Waals surface area contributed by atoms with Gasteiger partial charge < -0.3 is 19.9 Å². The lowest BCUT2D eigenvalue weighted by atomic mass is 10.1. The summed E-state index contributed by atoms with van der Waals surface area (Å²) < 4.78 is 8.78. The molecule has 0 saturated carbocycles. The molecule has 0 aliphatic carbocycles. The lowest BCUT2D eigenvalue weighted by Crippen LogP contribution is -2.41. The summed E-state index contributed by atoms with van der Waals surface area (Å²) in [5, 5.41) is 3.24. The highest BCUT2D eigenvalue weighted by molar-refractivity contribution is 9.10. The van der Waals surface area contributed by atoms with Gasteiger partial charge in [0.05, 0.1) is 30.1 Å². The molecule has 0 spiro atoms. The minimum Gasteiger partial charge on any atom is -0.497 e. The molecule has 39 heavy (non-hydrogen) atoms. The van der Waals surface area contributed by atoms with Crippen LogP contribution in [0.25, 0.3) is 5.69 Å². The van der Waals surface area contributed by atoms with Crippen LogP contribution in [0, 0.1) is 0 Å². The average Bonchev–Trinajstić information content (AvgIpc) is 3.25. The average molecular weight is 613 g/mol. The number of hydrogen-bond acceptors (Lipinski definition) is 5. The number of halogens is 2. The van der Waals surface area contributed by atoms with E-state index in [-0.39, 0.29) is 49.0 Å². The summed E-state index contributed by atoms with van der Waals surface area (Å²) in [6.07, 6.45) is 1.51. The fraction of sp³-hybridized carbons (Fsp3) is 0.185. The molecule has 2 amide bonds. The molecule has 0 atom stereocenters. The largest absolute Gasteiger partial charge is 0.497 e. The van der Waals surface area contributed by atoms with Gasteiger partial charge in [0.2, 0.25) is 5.56 Å². The molecule has 0 radical (unpaired) electrons. The third-order valence-electron chi connectivity index (χ3n) is 6.48. The maximum atomic E-state index is 13.6. The summed E-state index contributed by atoms with van der Waals surface area (Å²) in [4.78, 5) is 56.1. The van der Waals surface area contributed by atoms with E-state index >= 15 is 0 Å². The standard InChI is InChI=1S/C27H23BrClN5O5/c1-39-19-6-4-18(5-7-19)34-24(25(36)31-14-16-2-9-23(35)30-13-16)22-15-32(10-11-33(22)27(34)38)26(37)17-3-8-20(28)21(29)12-17/h2-9,12-13H,10-11,14-15H2,1H3,(H,30,35)(H,31,36). The van der Waals surface area contributed by atoms with Crippen molar-refractivity contribution in [2.24, 2.45) is 0 Å². The van der Waals surface area contributed by atoms with Crippen LogP contribution in [0.3, 0.4) is 0 Å². The molecule has 2 aromatic heterocycles. The van der Waals surface area contributed by atoms with Crippen molar-refractivity contribution in [3.8, 4) is 11.4 Å². The number of hydrogen-bond donors (Lipinski definition) is 2. The number of aromatic amines is 1. The summed E-state index contributed by atoms with van der Waals surface area (Å²) in [6, 6.07) is 14.7. The molecule has 0 fully saturated rings. The number of rotatable bonds is 6. The first-order chi connectivity index (χ1) is 18.8. The molecule has 2 N–H and O–H groups in total. The number of H-pyrrole nitrogens is 1. The monoisotopic (exact) mass is 611 g/mol. The quantitative estimate of drug-likeness (QED) is 0.346. The smallest absolute Gasteiger partial charge is 0.333 e. The van der Waals surface area contributed by atoms with Gasteiger partial charge in [0.25, 0.3) is 11.8 Å². The highest BCUT2D eigenvalue weighted by Gasteiger charge is 2.32. The molecular weight excluding hydrogens is 590 g/mol. The van der Waals surface area contributed by atoms with Gasteiger partial charge in [-0.2, -0.15) is 0 Å². The molecule has 4 aromatic rings. The van der Waals surface area contributed by atoms with Crippen LogP contribution in [-0.2, 0) is 19.6 Å². The van der Waals surface area contributed by atoms with E-state index in [1.165, 1.54) is 28.5 Å². The van der Waals surface area contributed by atoms with Crippen LogP contribution in [0.15, 0.2) is 74.9 Å². The van der Waals surface area contributed by atoms with E-state index in [2.05, 4.69) is 26.2 Å². The first-order valence-electron chi connectivity index (χ1n) is 12.0. The summed E-state index contributed by atoms with van der Waals surface area (Å²) in [7, 11) is 1.54. The molecule has 200 valence electrons. The van der Waals surface area contributed by atoms with Crippen molar-refractivity contribution in [2.45, 2.75) is 19.6 Å². The highest BCUT2D eigenvalue weighted by Crippen LogP contribution is 2.26. The minimum atomic E-state index is -0.496. The number of nitrogens with zero attached hydrogens (tertiary/aromatic N) is 3. The molecule has 2 aromatic carbocycles. The molecule has 10 nitrogen and oxygen atoms in total. The molecule has 0 saturated heterocycles. The SMILES string of the molecule is COc1ccc(-n2c(C(=O)NCc3ccc(=O)[nH]c3)c3n(c2=O)CCN(C(=O)c2ccc(Br)c(Cl)c2)C3)cc1. The number of fused-ring (bicyclic) bond motifs is 1. The van der Waals surface area contributed by atoms with E-state index in [1.807, 2.05) is 0 Å². The Labute approximate surface area is 235 Å². The number of imidazole rings is 1. The normalized spacial score (nSPS) is 12.6. The van der Waals surface area contributed by atoms with Gasteiger partial charge in [-0.1, -0.05) is 17.7 Å². The van der Waals surface area contributed by atoms with E-state index in [0.29, 0.717) is 37.8 Å². The Balaban J connectivity index is 1.53. The van der Waals surface area contributed by atoms with Crippen LogP contribution in [0.5, 0.6) is 5.75 Å². The Morgan fingerprint density at radius 2 is 1.85 bits per heavy atom. The van der Waals surface area contributed by atoms with Crippen LogP contribution < -0.4 is 21.3 Å². The number of pyridine rings is 1. The molecule has 0 unspecified atom stereocenters. The van der Waals surface area contributed by atoms with E-state index in [9.17, 15) is 19.2 Å². The number of amides is 2. The third kappa shape index (κ3) is 5.27. The van der Waals surface area contributed by atoms with Crippen LogP contribution in [0.2, 0.25) is 5.02 Å². The number of ether oxygens (including phenoxy) is 1. The molecule has 12 heteroatoms. The molecule has 1 aliphatic rings. The van der Waals surface area contributed by atoms with E-state index in [0.717, 1.165) is 0 Å². The van der Waals surface area contributed by atoms with Gasteiger partial charge in [0.15, 0.2) is 0 Å². The van der Waals surface area contributed by atoms with Crippen LogP contribution in [0.4, 0.5) is 0 Å². The van der Waals surface area contributed by atoms with Crippen LogP contribution in [0.1, 0.15) is 32.1 Å². The van der Waals surface area contributed by atoms with Crippen molar-refractivity contribution in [2.75, 3.05) is 13.7 Å². The number of carbonyl (C=O) groups is 2. The predicted octanol–water partition coefficient (Wildman–Crippen LogP) is 3.34. The lowest BCUT2D eigenvalue weighted by Gasteiger charge is -2.28. The fourth-order valence-corrected chi connectivity index (χ4v) is 4.89. The first-order valence-corrected chi connectivity index (χ1v) is 13.1. The molecule has 3 heterocycles. The zero-order valence-corrected chi connectivity index (χ0v) is 23.1. The molecule has 1 aliphatic heterocycles. The molecular formula is C27H23BrClN5O5. The van der Waals surface area contributed by atoms with Gasteiger partial charge in [-0.15, -0.1) is 0 Å². The van der Waals surface area contributed by atoms with Crippen molar-refractivity contribution >= 4 is 39.3 Å². The Hall–Kier alpha value is -4.09. The molecule has 5 rings (SSSR count). The lowest BCUT2D eigenvalue weighted by molar-refractivity contribution is 0.0706. The zero-order chi connectivity index (χ0) is 27.7. The maximum Gasteiger partial charge on any atom is 0.333 e. The molecule has 0 bridgehead atoms. The van der Waals surface area contributed by atoms with Gasteiger partial charge in [0, 0.05) is 41.9 Å². The Kier molecular flexibility index (Phi) is 7.45. The maximum absolute atomic E-state index is 13.6. The fourth-order valence-electron chi connectivity index (χ4n) is 4.47. The van der Waals surface area contributed by atoms with Crippen molar-refractivity contribution in [1.29, 1.82) is 0 Å². The van der Waals surface area contributed by atoms with Gasteiger partial charge in [-0.05, 0) is 64.0 Å². The number of nitrogens with one attached hydrogen (secondary N) is 2. The van der Waals surface area contributed by atoms with E-state index in [4.69, 9.17) is 16.3 Å². The van der Waals surface area contributed by atoms with Gasteiger partial charge >= 0.3 is 5.69 Å². The Morgan fingerprint density at radius 3 is 2.51 bits per heavy atom. The van der Waals surface area contributed by atoms with Crippen molar-refractivity contribution in [1.82, 2.24) is 24.3 Å². The van der Waals surface area contributed by atoms with Gasteiger partial charge in [-0.25, -0.2) is 4.79 Å². The van der Waals surface area contributed by atoms with Crippen molar-refractivity contribution in [3.05, 3.63) is 114 Å². The van der Waals surface area contributed by atoms with Gasteiger partial charge in [0.1, 0.15) is 11.4 Å². The Bertz CT molecular complexity index is 1670. The number of carbonyl (C=O) groups excluding carboxylic acids is 2. The topological polar surface area (TPSA) is 118 Å². The van der Waals surface area contributed by atoms with Crippen molar-refractivity contribution < 1.29 is 14.3 Å². The van der Waals surface area contributed by atoms with E-state index < -0.39 is 5.91 Å². The van der Waals surface area contributed by atoms with E-state index in [1.54, 1.807) is 53.4 Å². The number of benzene rings is 2. The number of methoxy groups -OCH3 is 1. The first kappa shape index (κ1) is 26.5. The van der Waals surface area contributed by atoms with Crippen molar-refractivity contribution in [3.63, 3.8) is 0 Å². The number of aromatic nitrogens is 3. The van der Waals surface area contributed by atoms with Crippen LogP contribution in [-0.4, -0.2) is 44.5 Å². The van der Waals surface area contributed by atoms with Crippen LogP contribution >= 0.6 is 27.5 Å². The highest BCUT2D eigenvalue weighted by atomic mass is 79.9. The zero-order valence-electron chi connectivity index (χ0n) is 20.7. The summed E-state index contributed by atoms with van der Waals surface area (Å²) >= 11 is 9.54. The second-order valence-electron chi connectivity index (χ2n) is 8.86. The Morgan fingerprint density at radius 1 is 1.08 bits per heavy atom. The van der Waals surface area contributed by atoms with Gasteiger partial charge in [-0.3, -0.25) is 23.5 Å². The second-order valence-corrected chi connectivity index (χ2v) is 10.1. The third-order valence-corrected chi connectivity index (χ3v) is 7.71.